The third kappa shape index (κ3) is 4.02. The van der Waals surface area contributed by atoms with Gasteiger partial charge in [-0.15, -0.1) is 11.3 Å². The summed E-state index contributed by atoms with van der Waals surface area (Å²) in [7, 11) is 0. The van der Waals surface area contributed by atoms with E-state index < -0.39 is 11.7 Å². The summed E-state index contributed by atoms with van der Waals surface area (Å²) in [5.41, 5.74) is 0.237. The number of thiophene rings is 1. The van der Waals surface area contributed by atoms with Crippen molar-refractivity contribution in [1.29, 1.82) is 0 Å². The van der Waals surface area contributed by atoms with Crippen LogP contribution in [0.4, 0.5) is 17.6 Å². The second-order valence-corrected chi connectivity index (χ2v) is 7.96. The minimum Gasteiger partial charge on any atom is -0.337 e. The van der Waals surface area contributed by atoms with Crippen molar-refractivity contribution in [2.24, 2.45) is 0 Å². The van der Waals surface area contributed by atoms with Gasteiger partial charge in [0.1, 0.15) is 17.2 Å². The van der Waals surface area contributed by atoms with Crippen molar-refractivity contribution in [1.82, 2.24) is 19.7 Å². The van der Waals surface area contributed by atoms with E-state index in [-0.39, 0.29) is 35.2 Å². The Labute approximate surface area is 186 Å². The summed E-state index contributed by atoms with van der Waals surface area (Å²) >= 11 is 1.29. The lowest BCUT2D eigenvalue weighted by molar-refractivity contribution is -0.137. The second-order valence-electron chi connectivity index (χ2n) is 7.10. The van der Waals surface area contributed by atoms with Crippen molar-refractivity contribution in [3.05, 3.63) is 87.9 Å². The lowest BCUT2D eigenvalue weighted by Gasteiger charge is -2.06. The summed E-state index contributed by atoms with van der Waals surface area (Å²) in [5.74, 6) is -0.383. The van der Waals surface area contributed by atoms with Crippen LogP contribution < -0.4 is 5.56 Å². The Kier molecular flexibility index (Phi) is 5.05. The third-order valence-corrected chi connectivity index (χ3v) is 5.82. The summed E-state index contributed by atoms with van der Waals surface area (Å²) in [4.78, 5) is 22.1. The van der Waals surface area contributed by atoms with Crippen LogP contribution >= 0.6 is 11.3 Å². The molecule has 5 aromatic rings. The minimum atomic E-state index is -4.50. The molecule has 0 N–H and O–H groups in total. The maximum absolute atomic E-state index is 13.3. The van der Waals surface area contributed by atoms with Crippen molar-refractivity contribution < 1.29 is 22.1 Å². The quantitative estimate of drug-likeness (QED) is 0.328. The summed E-state index contributed by atoms with van der Waals surface area (Å²) in [5, 5.41) is 5.88. The van der Waals surface area contributed by atoms with E-state index in [9.17, 15) is 22.4 Å². The molecule has 0 fully saturated rings. The second kappa shape index (κ2) is 7.93. The summed E-state index contributed by atoms with van der Waals surface area (Å²) in [6, 6.07) is 10.3. The number of halogens is 4. The van der Waals surface area contributed by atoms with Gasteiger partial charge in [0.05, 0.1) is 17.3 Å². The van der Waals surface area contributed by atoms with Crippen molar-refractivity contribution in [3.8, 4) is 22.5 Å². The van der Waals surface area contributed by atoms with E-state index in [4.69, 9.17) is 4.52 Å². The van der Waals surface area contributed by atoms with Crippen LogP contribution in [0.25, 0.3) is 32.7 Å². The fraction of sp³-hybridized carbons (Fsp3) is 0.0909. The van der Waals surface area contributed by atoms with E-state index in [1.807, 2.05) is 0 Å². The van der Waals surface area contributed by atoms with Crippen molar-refractivity contribution >= 4 is 21.6 Å². The molecule has 3 heterocycles. The molecule has 0 aliphatic carbocycles. The first-order valence-corrected chi connectivity index (χ1v) is 10.4. The van der Waals surface area contributed by atoms with Gasteiger partial charge in [0.15, 0.2) is 0 Å². The lowest BCUT2D eigenvalue weighted by Crippen LogP contribution is -2.21. The molecular weight excluding hydrogens is 460 g/mol. The van der Waals surface area contributed by atoms with E-state index in [1.165, 1.54) is 46.5 Å². The largest absolute Gasteiger partial charge is 0.416 e. The van der Waals surface area contributed by atoms with Gasteiger partial charge in [-0.05, 0) is 29.8 Å². The number of alkyl halides is 3. The molecule has 0 radical (unpaired) electrons. The molecule has 6 nitrogen and oxygen atoms in total. The van der Waals surface area contributed by atoms with Gasteiger partial charge in [0.2, 0.25) is 11.7 Å². The van der Waals surface area contributed by atoms with Gasteiger partial charge in [-0.2, -0.15) is 18.2 Å². The number of nitrogens with zero attached hydrogens (tertiary/aromatic N) is 4. The number of aromatic nitrogens is 4. The van der Waals surface area contributed by atoms with Gasteiger partial charge in [-0.3, -0.25) is 9.36 Å². The van der Waals surface area contributed by atoms with Gasteiger partial charge in [0.25, 0.3) is 5.56 Å². The molecular formula is C22H12F4N4O2S. The zero-order valence-electron chi connectivity index (χ0n) is 16.5. The SMILES string of the molecule is O=c1c2c(-c3ccc(F)cc3)csc2ncn1Cc1nc(-c2cccc(C(F)(F)F)c2)no1. The van der Waals surface area contributed by atoms with E-state index >= 15 is 0 Å². The highest BCUT2D eigenvalue weighted by atomic mass is 32.1. The molecule has 11 heteroatoms. The number of rotatable bonds is 4. The Morgan fingerprint density at radius 2 is 1.85 bits per heavy atom. The van der Waals surface area contributed by atoms with Crippen LogP contribution in [-0.2, 0) is 12.7 Å². The van der Waals surface area contributed by atoms with Crippen LogP contribution in [0.15, 0.2) is 69.6 Å². The van der Waals surface area contributed by atoms with Crippen LogP contribution in [0.5, 0.6) is 0 Å². The Morgan fingerprint density at radius 1 is 1.06 bits per heavy atom. The number of hydrogen-bond donors (Lipinski definition) is 0. The molecule has 0 amide bonds. The Hall–Kier alpha value is -3.86. The normalized spacial score (nSPS) is 11.9. The Bertz CT molecular complexity index is 1520. The topological polar surface area (TPSA) is 73.8 Å². The molecule has 0 aliphatic rings. The van der Waals surface area contributed by atoms with Gasteiger partial charge < -0.3 is 4.52 Å². The zero-order chi connectivity index (χ0) is 23.2. The predicted molar refractivity (Wildman–Crippen MR) is 113 cm³/mol. The highest BCUT2D eigenvalue weighted by Crippen LogP contribution is 2.32. The molecule has 33 heavy (non-hydrogen) atoms. The average Bonchev–Trinajstić information content (AvgIpc) is 3.44. The van der Waals surface area contributed by atoms with Gasteiger partial charge in [0, 0.05) is 16.5 Å². The first-order valence-electron chi connectivity index (χ1n) is 9.52. The van der Waals surface area contributed by atoms with Gasteiger partial charge >= 0.3 is 6.18 Å². The van der Waals surface area contributed by atoms with E-state index in [0.29, 0.717) is 21.3 Å². The fourth-order valence-corrected chi connectivity index (χ4v) is 4.25. The molecule has 0 bridgehead atoms. The molecule has 0 saturated carbocycles. The Morgan fingerprint density at radius 3 is 2.61 bits per heavy atom. The van der Waals surface area contributed by atoms with Gasteiger partial charge in [-0.25, -0.2) is 9.37 Å². The van der Waals surface area contributed by atoms with Crippen LogP contribution in [0.3, 0.4) is 0 Å². The molecule has 0 atom stereocenters. The Balaban J connectivity index is 1.48. The number of hydrogen-bond acceptors (Lipinski definition) is 6. The van der Waals surface area contributed by atoms with Crippen LogP contribution in [0.1, 0.15) is 11.5 Å². The van der Waals surface area contributed by atoms with Crippen LogP contribution in [0.2, 0.25) is 0 Å². The highest BCUT2D eigenvalue weighted by Gasteiger charge is 2.30. The van der Waals surface area contributed by atoms with Crippen LogP contribution in [-0.4, -0.2) is 19.7 Å². The van der Waals surface area contributed by atoms with E-state index in [1.54, 1.807) is 17.5 Å². The summed E-state index contributed by atoms with van der Waals surface area (Å²) < 4.78 is 58.6. The summed E-state index contributed by atoms with van der Waals surface area (Å²) in [6.07, 6.45) is -3.16. The first kappa shape index (κ1) is 21.0. The molecule has 0 spiro atoms. The lowest BCUT2D eigenvalue weighted by atomic mass is 10.1. The average molecular weight is 472 g/mol. The van der Waals surface area contributed by atoms with E-state index in [0.717, 1.165) is 12.1 Å². The number of fused-ring (bicyclic) bond motifs is 1. The molecule has 0 saturated heterocycles. The molecule has 0 unspecified atom stereocenters. The summed E-state index contributed by atoms with van der Waals surface area (Å²) in [6.45, 7) is -0.119. The molecule has 0 aliphatic heterocycles. The maximum Gasteiger partial charge on any atom is 0.416 e. The fourth-order valence-electron chi connectivity index (χ4n) is 3.34. The molecule has 166 valence electrons. The predicted octanol–water partition coefficient (Wildman–Crippen LogP) is 5.38. The maximum atomic E-state index is 13.3. The zero-order valence-corrected chi connectivity index (χ0v) is 17.3. The van der Waals surface area contributed by atoms with Crippen molar-refractivity contribution in [2.75, 3.05) is 0 Å². The number of benzene rings is 2. The van der Waals surface area contributed by atoms with Crippen molar-refractivity contribution in [3.63, 3.8) is 0 Å². The smallest absolute Gasteiger partial charge is 0.337 e. The molecule has 2 aromatic carbocycles. The van der Waals surface area contributed by atoms with E-state index in [2.05, 4.69) is 15.1 Å². The first-order chi connectivity index (χ1) is 15.8. The van der Waals surface area contributed by atoms with Gasteiger partial charge in [-0.1, -0.05) is 29.4 Å². The third-order valence-electron chi connectivity index (χ3n) is 4.94. The van der Waals surface area contributed by atoms with Crippen molar-refractivity contribution in [2.45, 2.75) is 12.7 Å². The highest BCUT2D eigenvalue weighted by molar-refractivity contribution is 7.17. The molecule has 5 rings (SSSR count). The monoisotopic (exact) mass is 472 g/mol. The molecule has 3 aromatic heterocycles. The minimum absolute atomic E-state index is 0.0271. The standard InChI is InChI=1S/C22H12F4N4O2S/c23-15-6-4-12(5-7-15)16-10-33-20-18(16)21(31)30(11-27-20)9-17-28-19(29-32-17)13-2-1-3-14(8-13)22(24,25)26/h1-8,10-11H,9H2. The van der Waals surface area contributed by atoms with Crippen LogP contribution in [0, 0.1) is 5.82 Å².